The van der Waals surface area contributed by atoms with E-state index in [0.29, 0.717) is 0 Å². The smallest absolute Gasteiger partial charge is 0.198 e. The molecule has 69 heavy (non-hydrogen) atoms. The lowest BCUT2D eigenvalue weighted by atomic mass is 9.54. The molecule has 1 N–H and O–H groups in total. The second-order valence-electron chi connectivity index (χ2n) is 23.6. The first-order valence-electron chi connectivity index (χ1n) is 25.3. The summed E-state index contributed by atoms with van der Waals surface area (Å²) in [4.78, 5) is 2.61. The first-order valence-corrected chi connectivity index (χ1v) is 25.3. The number of nitrogens with one attached hydrogen (secondary N) is 1. The molecule has 9 aromatic rings. The van der Waals surface area contributed by atoms with Crippen LogP contribution in [0.5, 0.6) is 0 Å². The first kappa shape index (κ1) is 41.2. The second-order valence-corrected chi connectivity index (χ2v) is 23.6. The molecule has 0 amide bonds. The van der Waals surface area contributed by atoms with Gasteiger partial charge in [0.2, 0.25) is 0 Å². The van der Waals surface area contributed by atoms with Gasteiger partial charge in [0.1, 0.15) is 11.2 Å². The third-order valence-electron chi connectivity index (χ3n) is 17.8. The Morgan fingerprint density at radius 1 is 0.464 bits per heavy atom. The van der Waals surface area contributed by atoms with Crippen LogP contribution < -0.4 is 21.1 Å². The molecule has 0 atom stereocenters. The SMILES string of the molecule is CC1(C)CCC(C)(C)c2cc(Nc3cc4c(cc3-c3c5c(cc6c3oc3ccccc36)N3c6ccccc6C6(c7ccccc7-c7ccccc76)c6cccc(c63)[B]5)C(C)(C)CCC4(C)C)ccc21. The van der Waals surface area contributed by atoms with Crippen molar-refractivity contribution in [3.05, 3.63) is 196 Å². The van der Waals surface area contributed by atoms with Gasteiger partial charge in [-0.1, -0.05) is 170 Å². The lowest BCUT2D eigenvalue weighted by Gasteiger charge is -2.48. The van der Waals surface area contributed by atoms with Crippen LogP contribution in [0.4, 0.5) is 28.4 Å². The van der Waals surface area contributed by atoms with E-state index in [-0.39, 0.29) is 21.7 Å². The maximum Gasteiger partial charge on any atom is 0.198 e. The molecule has 1 spiro atoms. The van der Waals surface area contributed by atoms with Gasteiger partial charge in [-0.15, -0.1) is 0 Å². The van der Waals surface area contributed by atoms with Gasteiger partial charge in [0.05, 0.1) is 11.1 Å². The van der Waals surface area contributed by atoms with Crippen LogP contribution in [-0.2, 0) is 27.1 Å². The van der Waals surface area contributed by atoms with E-state index in [1.807, 2.05) is 0 Å². The molecule has 4 heteroatoms. The molecule has 1 radical (unpaired) electrons. The van der Waals surface area contributed by atoms with E-state index >= 15 is 0 Å². The molecular formula is C65H58BN2O. The average Bonchev–Trinajstić information content (AvgIpc) is 3.86. The molecule has 8 aromatic carbocycles. The predicted molar refractivity (Wildman–Crippen MR) is 290 cm³/mol. The van der Waals surface area contributed by atoms with Crippen molar-refractivity contribution in [1.29, 1.82) is 0 Å². The van der Waals surface area contributed by atoms with E-state index in [2.05, 4.69) is 225 Å². The van der Waals surface area contributed by atoms with Crippen molar-refractivity contribution in [1.82, 2.24) is 0 Å². The molecule has 0 saturated carbocycles. The van der Waals surface area contributed by atoms with Crippen molar-refractivity contribution in [2.24, 2.45) is 0 Å². The highest BCUT2D eigenvalue weighted by Gasteiger charge is 2.53. The average molecular weight is 894 g/mol. The number of nitrogens with zero attached hydrogens (tertiary/aromatic N) is 1. The standard InChI is InChI=1S/C65H58BN2O/c1-61(2)30-31-62(3,4)49-34-38(28-29-46(49)61)67-53-37-51-50(63(5,6)32-33-64(51,7)8)35-43(53)57-58-55(36-42-41-20-11-16-27-56(41)69-60(42)57)68-54-26-15-14-23-47(54)65(48-24-17-25-52(66-58)59(48)68)44-21-12-9-18-39(44)40-19-10-13-22-45(40)65/h9-29,34-37,67H,30-33H2,1-8H3. The van der Waals surface area contributed by atoms with Gasteiger partial charge in [0, 0.05) is 44.6 Å². The molecule has 3 nitrogen and oxygen atoms in total. The summed E-state index contributed by atoms with van der Waals surface area (Å²) < 4.78 is 7.22. The number of furan rings is 1. The largest absolute Gasteiger partial charge is 0.455 e. The van der Waals surface area contributed by atoms with Crippen molar-refractivity contribution >= 4 is 68.6 Å². The highest BCUT2D eigenvalue weighted by molar-refractivity contribution is 6.74. The zero-order valence-electron chi connectivity index (χ0n) is 41.2. The van der Waals surface area contributed by atoms with Gasteiger partial charge >= 0.3 is 0 Å². The summed E-state index contributed by atoms with van der Waals surface area (Å²) in [6, 6.07) is 57.9. The monoisotopic (exact) mass is 893 g/mol. The summed E-state index contributed by atoms with van der Waals surface area (Å²) in [5, 5.41) is 6.43. The van der Waals surface area contributed by atoms with Crippen molar-refractivity contribution in [2.45, 2.75) is 108 Å². The fraction of sp³-hybridized carbons (Fsp3) is 0.262. The van der Waals surface area contributed by atoms with Crippen LogP contribution in [0.25, 0.3) is 44.2 Å². The normalized spacial score (nSPS) is 18.6. The van der Waals surface area contributed by atoms with E-state index in [9.17, 15) is 0 Å². The summed E-state index contributed by atoms with van der Waals surface area (Å²) >= 11 is 0. The number of hydrogen-bond acceptors (Lipinski definition) is 3. The van der Waals surface area contributed by atoms with Gasteiger partial charge in [-0.05, 0) is 151 Å². The molecular weight excluding hydrogens is 836 g/mol. The third-order valence-corrected chi connectivity index (χ3v) is 17.8. The van der Waals surface area contributed by atoms with Crippen LogP contribution in [0.3, 0.4) is 0 Å². The Morgan fingerprint density at radius 2 is 1.04 bits per heavy atom. The molecule has 3 heterocycles. The number of para-hydroxylation sites is 3. The van der Waals surface area contributed by atoms with Crippen LogP contribution in [0.15, 0.2) is 156 Å². The number of hydrogen-bond donors (Lipinski definition) is 1. The van der Waals surface area contributed by atoms with Crippen LogP contribution >= 0.6 is 0 Å². The minimum Gasteiger partial charge on any atom is -0.455 e. The van der Waals surface area contributed by atoms with Crippen molar-refractivity contribution in [2.75, 3.05) is 10.2 Å². The zero-order valence-corrected chi connectivity index (χ0v) is 41.2. The molecule has 5 aliphatic rings. The fourth-order valence-electron chi connectivity index (χ4n) is 13.9. The van der Waals surface area contributed by atoms with Crippen molar-refractivity contribution in [3.8, 4) is 22.3 Å². The van der Waals surface area contributed by atoms with Crippen molar-refractivity contribution in [3.63, 3.8) is 0 Å². The predicted octanol–water partition coefficient (Wildman–Crippen LogP) is 15.8. The van der Waals surface area contributed by atoms with Gasteiger partial charge in [-0.2, -0.15) is 0 Å². The fourth-order valence-corrected chi connectivity index (χ4v) is 13.9. The van der Waals surface area contributed by atoms with Crippen LogP contribution in [0, 0.1) is 0 Å². The summed E-state index contributed by atoms with van der Waals surface area (Å²) in [5.74, 6) is 0. The van der Waals surface area contributed by atoms with E-state index in [0.717, 1.165) is 51.7 Å². The Balaban J connectivity index is 1.07. The van der Waals surface area contributed by atoms with Crippen LogP contribution in [0.2, 0.25) is 0 Å². The summed E-state index contributed by atoms with van der Waals surface area (Å²) in [5.41, 5.74) is 25.9. The van der Waals surface area contributed by atoms with Crippen LogP contribution in [0.1, 0.15) is 126 Å². The molecule has 0 bridgehead atoms. The number of anilines is 5. The van der Waals surface area contributed by atoms with E-state index in [4.69, 9.17) is 4.42 Å². The Bertz CT molecular complexity index is 3670. The number of fused-ring (bicyclic) bond motifs is 16. The maximum atomic E-state index is 7.22. The highest BCUT2D eigenvalue weighted by Crippen LogP contribution is 2.64. The first-order chi connectivity index (χ1) is 33.2. The summed E-state index contributed by atoms with van der Waals surface area (Å²) in [7, 11) is 2.49. The molecule has 0 unspecified atom stereocenters. The minimum absolute atomic E-state index is 0.0128. The van der Waals surface area contributed by atoms with Gasteiger partial charge in [-0.3, -0.25) is 0 Å². The summed E-state index contributed by atoms with van der Waals surface area (Å²) in [6.45, 7) is 19.5. The second kappa shape index (κ2) is 13.7. The minimum atomic E-state index is -0.487. The quantitative estimate of drug-likeness (QED) is 0.179. The van der Waals surface area contributed by atoms with Crippen LogP contribution in [-0.4, -0.2) is 7.28 Å². The molecule has 3 aliphatic carbocycles. The molecule has 337 valence electrons. The van der Waals surface area contributed by atoms with Gasteiger partial charge < -0.3 is 14.6 Å². The molecule has 0 fully saturated rings. The third kappa shape index (κ3) is 5.47. The van der Waals surface area contributed by atoms with E-state index < -0.39 is 5.41 Å². The Labute approximate surface area is 407 Å². The van der Waals surface area contributed by atoms with Gasteiger partial charge in [0.15, 0.2) is 7.28 Å². The molecule has 1 aromatic heterocycles. The number of benzene rings is 8. The maximum absolute atomic E-state index is 7.22. The van der Waals surface area contributed by atoms with Gasteiger partial charge in [-0.25, -0.2) is 0 Å². The van der Waals surface area contributed by atoms with Gasteiger partial charge in [0.25, 0.3) is 0 Å². The lowest BCUT2D eigenvalue weighted by molar-refractivity contribution is 0.332. The highest BCUT2D eigenvalue weighted by atomic mass is 16.3. The molecule has 0 saturated heterocycles. The molecule has 2 aliphatic heterocycles. The number of rotatable bonds is 3. The topological polar surface area (TPSA) is 28.4 Å². The zero-order chi connectivity index (χ0) is 47.0. The molecule has 14 rings (SSSR count). The Kier molecular flexibility index (Phi) is 8.20. The Morgan fingerprint density at radius 3 is 1.75 bits per heavy atom. The van der Waals surface area contributed by atoms with E-state index in [1.165, 1.54) is 102 Å². The summed E-state index contributed by atoms with van der Waals surface area (Å²) in [6.07, 6.45) is 4.63. The Hall–Kier alpha value is -6.78. The lowest BCUT2D eigenvalue weighted by Crippen LogP contribution is -2.47. The van der Waals surface area contributed by atoms with E-state index in [1.54, 1.807) is 0 Å². The van der Waals surface area contributed by atoms with Crippen molar-refractivity contribution < 1.29 is 4.42 Å².